The first-order valence-corrected chi connectivity index (χ1v) is 8.51. The lowest BCUT2D eigenvalue weighted by Gasteiger charge is -2.22. The molecule has 1 atom stereocenters. The van der Waals surface area contributed by atoms with Crippen LogP contribution >= 0.6 is 11.3 Å². The van der Waals surface area contributed by atoms with E-state index in [0.29, 0.717) is 18.6 Å². The fraction of sp³-hybridized carbons (Fsp3) is 0.444. The van der Waals surface area contributed by atoms with Crippen LogP contribution in [-0.2, 0) is 17.9 Å². The van der Waals surface area contributed by atoms with Gasteiger partial charge in [0.15, 0.2) is 0 Å². The maximum atomic E-state index is 5.56. The minimum atomic E-state index is 0.408. The van der Waals surface area contributed by atoms with E-state index in [1.807, 2.05) is 18.3 Å². The van der Waals surface area contributed by atoms with Crippen LogP contribution in [0.1, 0.15) is 42.8 Å². The maximum absolute atomic E-state index is 5.56. The predicted octanol–water partition coefficient (Wildman–Crippen LogP) is 4.77. The van der Waals surface area contributed by atoms with E-state index in [0.717, 1.165) is 13.2 Å². The fourth-order valence-electron chi connectivity index (χ4n) is 2.44. The van der Waals surface area contributed by atoms with Crippen molar-refractivity contribution in [3.63, 3.8) is 0 Å². The summed E-state index contributed by atoms with van der Waals surface area (Å²) >= 11 is 1.83. The van der Waals surface area contributed by atoms with Crippen molar-refractivity contribution < 1.29 is 4.74 Å². The first-order chi connectivity index (χ1) is 10.2. The second kappa shape index (κ2) is 8.32. The standard InChI is InChI=1S/C18H25NOS/c1-4-20-13-16-9-6-5-8-15(16)12-19-18(14(2)3)17-10-7-11-21-17/h5-11,14,18-19H,4,12-13H2,1-3H3. The number of hydrogen-bond donors (Lipinski definition) is 1. The van der Waals surface area contributed by atoms with Gasteiger partial charge in [0, 0.05) is 24.1 Å². The fourth-order valence-corrected chi connectivity index (χ4v) is 3.41. The molecule has 2 nitrogen and oxygen atoms in total. The van der Waals surface area contributed by atoms with Crippen molar-refractivity contribution in [2.45, 2.75) is 40.0 Å². The van der Waals surface area contributed by atoms with E-state index in [1.165, 1.54) is 16.0 Å². The van der Waals surface area contributed by atoms with E-state index in [1.54, 1.807) is 0 Å². The molecule has 2 rings (SSSR count). The number of benzene rings is 1. The molecule has 21 heavy (non-hydrogen) atoms. The predicted molar refractivity (Wildman–Crippen MR) is 90.5 cm³/mol. The van der Waals surface area contributed by atoms with Crippen LogP contribution in [0.15, 0.2) is 41.8 Å². The molecule has 3 heteroatoms. The molecule has 0 fully saturated rings. The van der Waals surface area contributed by atoms with E-state index in [2.05, 4.69) is 60.9 Å². The molecule has 0 aliphatic carbocycles. The minimum absolute atomic E-state index is 0.408. The Balaban J connectivity index is 2.04. The SMILES string of the molecule is CCOCc1ccccc1CNC(c1cccs1)C(C)C. The molecule has 1 heterocycles. The average Bonchev–Trinajstić information content (AvgIpc) is 3.00. The van der Waals surface area contributed by atoms with E-state index in [-0.39, 0.29) is 0 Å². The Labute approximate surface area is 132 Å². The summed E-state index contributed by atoms with van der Waals surface area (Å²) in [5.41, 5.74) is 2.61. The van der Waals surface area contributed by atoms with Gasteiger partial charge in [0.2, 0.25) is 0 Å². The second-order valence-electron chi connectivity index (χ2n) is 5.52. The Hall–Kier alpha value is -1.16. The van der Waals surface area contributed by atoms with Crippen molar-refractivity contribution >= 4 is 11.3 Å². The van der Waals surface area contributed by atoms with Gasteiger partial charge in [0.1, 0.15) is 0 Å². The van der Waals surface area contributed by atoms with Gasteiger partial charge in [-0.1, -0.05) is 44.2 Å². The summed E-state index contributed by atoms with van der Waals surface area (Å²) in [6, 6.07) is 13.3. The highest BCUT2D eigenvalue weighted by molar-refractivity contribution is 7.10. The lowest BCUT2D eigenvalue weighted by atomic mass is 10.0. The van der Waals surface area contributed by atoms with Gasteiger partial charge < -0.3 is 10.1 Å². The Kier molecular flexibility index (Phi) is 6.43. The third-order valence-electron chi connectivity index (χ3n) is 3.61. The smallest absolute Gasteiger partial charge is 0.0719 e. The summed E-state index contributed by atoms with van der Waals surface area (Å²) in [5, 5.41) is 5.86. The van der Waals surface area contributed by atoms with Crippen molar-refractivity contribution in [3.05, 3.63) is 57.8 Å². The van der Waals surface area contributed by atoms with E-state index < -0.39 is 0 Å². The highest BCUT2D eigenvalue weighted by atomic mass is 32.1. The lowest BCUT2D eigenvalue weighted by Crippen LogP contribution is -2.25. The van der Waals surface area contributed by atoms with Crippen molar-refractivity contribution in [2.24, 2.45) is 5.92 Å². The third kappa shape index (κ3) is 4.67. The van der Waals surface area contributed by atoms with Gasteiger partial charge >= 0.3 is 0 Å². The van der Waals surface area contributed by atoms with Gasteiger partial charge in [-0.3, -0.25) is 0 Å². The Bertz CT molecular complexity index is 522. The molecule has 0 radical (unpaired) electrons. The average molecular weight is 303 g/mol. The zero-order valence-electron chi connectivity index (χ0n) is 13.1. The van der Waals surface area contributed by atoms with Gasteiger partial charge in [-0.2, -0.15) is 0 Å². The zero-order chi connectivity index (χ0) is 15.1. The number of rotatable bonds is 8. The van der Waals surface area contributed by atoms with Crippen LogP contribution < -0.4 is 5.32 Å². The quantitative estimate of drug-likeness (QED) is 0.758. The van der Waals surface area contributed by atoms with Gasteiger partial charge in [-0.05, 0) is 35.4 Å². The molecule has 0 aliphatic rings. The molecule has 1 N–H and O–H groups in total. The number of nitrogens with one attached hydrogen (secondary N) is 1. The third-order valence-corrected chi connectivity index (χ3v) is 4.56. The summed E-state index contributed by atoms with van der Waals surface area (Å²) in [6.45, 7) is 8.90. The van der Waals surface area contributed by atoms with Crippen molar-refractivity contribution in [1.82, 2.24) is 5.32 Å². The summed E-state index contributed by atoms with van der Waals surface area (Å²) < 4.78 is 5.56. The molecule has 0 saturated heterocycles. The molecule has 0 spiro atoms. The monoisotopic (exact) mass is 303 g/mol. The topological polar surface area (TPSA) is 21.3 Å². The minimum Gasteiger partial charge on any atom is -0.377 e. The van der Waals surface area contributed by atoms with Crippen molar-refractivity contribution in [3.8, 4) is 0 Å². The summed E-state index contributed by atoms with van der Waals surface area (Å²) in [7, 11) is 0. The highest BCUT2D eigenvalue weighted by Gasteiger charge is 2.16. The Morgan fingerprint density at radius 1 is 1.10 bits per heavy atom. The molecule has 0 bridgehead atoms. The molecule has 0 saturated carbocycles. The van der Waals surface area contributed by atoms with Crippen LogP contribution in [0.3, 0.4) is 0 Å². The molecule has 1 aromatic carbocycles. The van der Waals surface area contributed by atoms with Gasteiger partial charge in [-0.25, -0.2) is 0 Å². The van der Waals surface area contributed by atoms with Crippen molar-refractivity contribution in [2.75, 3.05) is 6.61 Å². The van der Waals surface area contributed by atoms with Gasteiger partial charge in [-0.15, -0.1) is 11.3 Å². The molecule has 0 amide bonds. The van der Waals surface area contributed by atoms with E-state index >= 15 is 0 Å². The van der Waals surface area contributed by atoms with Crippen LogP contribution in [0.5, 0.6) is 0 Å². The van der Waals surface area contributed by atoms with Crippen LogP contribution in [0.2, 0.25) is 0 Å². The molecule has 1 unspecified atom stereocenters. The normalized spacial score (nSPS) is 12.8. The molecule has 2 aromatic rings. The first-order valence-electron chi connectivity index (χ1n) is 7.63. The second-order valence-corrected chi connectivity index (χ2v) is 6.50. The van der Waals surface area contributed by atoms with Gasteiger partial charge in [0.25, 0.3) is 0 Å². The van der Waals surface area contributed by atoms with Crippen molar-refractivity contribution in [1.29, 1.82) is 0 Å². The number of hydrogen-bond acceptors (Lipinski definition) is 3. The summed E-state index contributed by atoms with van der Waals surface area (Å²) in [6.07, 6.45) is 0. The highest BCUT2D eigenvalue weighted by Crippen LogP contribution is 2.26. The van der Waals surface area contributed by atoms with Gasteiger partial charge in [0.05, 0.1) is 6.61 Å². The molecule has 1 aromatic heterocycles. The van der Waals surface area contributed by atoms with Crippen LogP contribution in [0.25, 0.3) is 0 Å². The summed E-state index contributed by atoms with van der Waals surface area (Å²) in [5.74, 6) is 0.572. The molecular weight excluding hydrogens is 278 g/mol. The van der Waals surface area contributed by atoms with E-state index in [4.69, 9.17) is 4.74 Å². The van der Waals surface area contributed by atoms with Crippen LogP contribution in [-0.4, -0.2) is 6.61 Å². The van der Waals surface area contributed by atoms with Crippen LogP contribution in [0.4, 0.5) is 0 Å². The Morgan fingerprint density at radius 2 is 1.86 bits per heavy atom. The first kappa shape index (κ1) is 16.2. The maximum Gasteiger partial charge on any atom is 0.0719 e. The van der Waals surface area contributed by atoms with Crippen LogP contribution in [0, 0.1) is 5.92 Å². The van der Waals surface area contributed by atoms with E-state index in [9.17, 15) is 0 Å². The number of ether oxygens (including phenoxy) is 1. The molecule has 114 valence electrons. The number of thiophene rings is 1. The zero-order valence-corrected chi connectivity index (χ0v) is 14.0. The molecule has 0 aliphatic heterocycles. The Morgan fingerprint density at radius 3 is 2.48 bits per heavy atom. The lowest BCUT2D eigenvalue weighted by molar-refractivity contribution is 0.133. The summed E-state index contributed by atoms with van der Waals surface area (Å²) in [4.78, 5) is 1.41. The largest absolute Gasteiger partial charge is 0.377 e. The molecular formula is C18H25NOS.